The molecule has 0 saturated carbocycles. The predicted molar refractivity (Wildman–Crippen MR) is 278 cm³/mol. The van der Waals surface area contributed by atoms with Crippen molar-refractivity contribution >= 4 is 5.97 Å². The molecule has 17 heteroatoms. The molecule has 0 aromatic carbocycles. The minimum atomic E-state index is -0.852. The molecule has 3 spiro atoms. The van der Waals surface area contributed by atoms with Crippen LogP contribution in [-0.4, -0.2) is 189 Å². The zero-order valence-electron chi connectivity index (χ0n) is 47.3. The highest BCUT2D eigenvalue weighted by Gasteiger charge is 2.70. The Labute approximate surface area is 461 Å². The van der Waals surface area contributed by atoms with E-state index in [1.54, 1.807) is 0 Å². The van der Waals surface area contributed by atoms with Gasteiger partial charge in [-0.3, -0.25) is 4.79 Å². The Kier molecular flexibility index (Phi) is 13.4. The van der Waals surface area contributed by atoms with E-state index in [1.165, 1.54) is 0 Å². The van der Waals surface area contributed by atoms with E-state index in [0.717, 1.165) is 75.5 Å². The minimum absolute atomic E-state index is 0.00305. The van der Waals surface area contributed by atoms with Gasteiger partial charge < -0.3 is 76.0 Å². The topological polar surface area (TPSA) is 159 Å². The van der Waals surface area contributed by atoms with Crippen molar-refractivity contribution in [2.45, 2.75) is 302 Å². The highest BCUT2D eigenvalue weighted by molar-refractivity contribution is 5.70. The third-order valence-electron chi connectivity index (χ3n) is 22.1. The number of hydrogen-bond donors (Lipinski definition) is 0. The maximum Gasteiger partial charge on any atom is 0.308 e. The van der Waals surface area contributed by atoms with Gasteiger partial charge in [0.25, 0.3) is 0 Å². The Morgan fingerprint density at radius 2 is 1.13 bits per heavy atom. The van der Waals surface area contributed by atoms with E-state index in [4.69, 9.17) is 71.1 Å². The number of esters is 1. The number of ether oxygens (including phenoxy) is 15. The number of hydrogen-bond acceptors (Lipinski definition) is 17. The first-order valence-electron chi connectivity index (χ1n) is 31.0. The fourth-order valence-corrected chi connectivity index (χ4v) is 18.4. The SMILES string of the molecule is C=C1CC2CCC34CC5OC6C(OC7CCC(CC(=O)OC8C(CC9OC(CCC1O2)CC(C)C9=C)OC1CC2OC9(CC2OC1C8C)CC1OC2(CC(C)C8OC(CN(C)C)C(C)CC8O2)CC(C)C1O9)OC7C6O3)C5O4. The molecule has 0 aromatic heterocycles. The second kappa shape index (κ2) is 19.7. The smallest absolute Gasteiger partial charge is 0.308 e. The summed E-state index contributed by atoms with van der Waals surface area (Å²) in [6.07, 6.45) is 7.13. The van der Waals surface area contributed by atoms with Crippen LogP contribution in [0.15, 0.2) is 24.3 Å². The lowest BCUT2D eigenvalue weighted by Crippen LogP contribution is -2.62. The number of rotatable bonds is 2. The van der Waals surface area contributed by atoms with Gasteiger partial charge in [0.1, 0.15) is 36.6 Å². The van der Waals surface area contributed by atoms with Crippen LogP contribution in [0, 0.1) is 29.6 Å². The summed E-state index contributed by atoms with van der Waals surface area (Å²) in [4.78, 5) is 16.8. The Balaban J connectivity index is 0.661. The lowest BCUT2D eigenvalue weighted by molar-refractivity contribution is -0.369. The normalized spacial score (nSPS) is 58.1. The van der Waals surface area contributed by atoms with E-state index < -0.39 is 35.7 Å². The quantitative estimate of drug-likeness (QED) is 0.205. The fourth-order valence-electron chi connectivity index (χ4n) is 18.4. The second-order valence-corrected chi connectivity index (χ2v) is 28.1. The molecule has 16 heterocycles. The van der Waals surface area contributed by atoms with Gasteiger partial charge >= 0.3 is 5.97 Å². The molecule has 78 heavy (non-hydrogen) atoms. The van der Waals surface area contributed by atoms with Crippen LogP contribution in [0.4, 0.5) is 0 Å². The number of fused-ring (bicyclic) bond motifs is 10. The van der Waals surface area contributed by atoms with Gasteiger partial charge in [-0.2, -0.15) is 0 Å². The van der Waals surface area contributed by atoms with E-state index in [9.17, 15) is 4.79 Å². The largest absolute Gasteiger partial charge is 0.459 e. The molecule has 434 valence electrons. The Morgan fingerprint density at radius 3 is 1.97 bits per heavy atom. The van der Waals surface area contributed by atoms with Crippen molar-refractivity contribution < 1.29 is 75.8 Å². The van der Waals surface area contributed by atoms with Gasteiger partial charge in [-0.1, -0.05) is 47.8 Å². The molecule has 16 aliphatic heterocycles. The summed E-state index contributed by atoms with van der Waals surface area (Å²) in [5, 5.41) is 0. The first-order chi connectivity index (χ1) is 37.4. The van der Waals surface area contributed by atoms with Crippen LogP contribution in [0.3, 0.4) is 0 Å². The van der Waals surface area contributed by atoms with Crippen LogP contribution < -0.4 is 0 Å². The first-order valence-corrected chi connectivity index (χ1v) is 31.0. The summed E-state index contributed by atoms with van der Waals surface area (Å²) >= 11 is 0. The maximum absolute atomic E-state index is 14.6. The van der Waals surface area contributed by atoms with E-state index >= 15 is 0 Å². The van der Waals surface area contributed by atoms with Crippen LogP contribution in [-0.2, 0) is 75.8 Å². The van der Waals surface area contributed by atoms with Crippen LogP contribution in [0.2, 0.25) is 0 Å². The lowest BCUT2D eigenvalue weighted by Gasteiger charge is -2.55. The van der Waals surface area contributed by atoms with E-state index in [0.29, 0.717) is 56.8 Å². The van der Waals surface area contributed by atoms with Gasteiger partial charge in [0.15, 0.2) is 17.4 Å². The zero-order valence-corrected chi connectivity index (χ0v) is 47.3. The molecule has 16 saturated heterocycles. The fraction of sp³-hybridized carbons (Fsp3) is 0.918. The number of likely N-dealkylation sites (N-methyl/N-ethyl adjacent to an activating group) is 1. The van der Waals surface area contributed by atoms with Gasteiger partial charge in [0.2, 0.25) is 0 Å². The Hall–Kier alpha value is -1.65. The maximum atomic E-state index is 14.6. The number of carbonyl (C=O) groups excluding carboxylic acids is 1. The van der Waals surface area contributed by atoms with Crippen LogP contribution >= 0.6 is 0 Å². The molecular weight excluding hydrogens is 1000 g/mol. The van der Waals surface area contributed by atoms with Gasteiger partial charge in [-0.05, 0) is 100 Å². The molecule has 31 atom stereocenters. The first kappa shape index (κ1) is 53.1. The Morgan fingerprint density at radius 1 is 0.462 bits per heavy atom. The van der Waals surface area contributed by atoms with Crippen LogP contribution in [0.1, 0.15) is 144 Å². The molecule has 16 fully saturated rings. The van der Waals surface area contributed by atoms with Crippen LogP contribution in [0.25, 0.3) is 0 Å². The van der Waals surface area contributed by atoms with E-state index in [2.05, 4.69) is 66.8 Å². The summed E-state index contributed by atoms with van der Waals surface area (Å²) in [6, 6.07) is 0. The molecule has 0 N–H and O–H groups in total. The van der Waals surface area contributed by atoms with Gasteiger partial charge in [-0.25, -0.2) is 0 Å². The van der Waals surface area contributed by atoms with Gasteiger partial charge in [0, 0.05) is 63.8 Å². The Bertz CT molecular complexity index is 2320. The molecule has 31 unspecified atom stereocenters. The van der Waals surface area contributed by atoms with Crippen molar-refractivity contribution in [1.29, 1.82) is 0 Å². The number of carbonyl (C=O) groups is 1. The van der Waals surface area contributed by atoms with Gasteiger partial charge in [0.05, 0.1) is 110 Å². The van der Waals surface area contributed by atoms with Crippen molar-refractivity contribution in [3.05, 3.63) is 24.3 Å². The third kappa shape index (κ3) is 9.13. The molecule has 0 amide bonds. The summed E-state index contributed by atoms with van der Waals surface area (Å²) in [7, 11) is 4.23. The van der Waals surface area contributed by atoms with Crippen LogP contribution in [0.5, 0.6) is 0 Å². The summed E-state index contributed by atoms with van der Waals surface area (Å²) < 4.78 is 105. The summed E-state index contributed by atoms with van der Waals surface area (Å²) in [5.74, 6) is -1.75. The molecular formula is C61H89NO16. The third-order valence-corrected chi connectivity index (χ3v) is 22.1. The second-order valence-electron chi connectivity index (χ2n) is 28.1. The monoisotopic (exact) mass is 1090 g/mol. The van der Waals surface area contributed by atoms with Gasteiger partial charge in [-0.15, -0.1) is 0 Å². The average molecular weight is 1090 g/mol. The number of nitrogens with zero attached hydrogens (tertiary/aromatic N) is 1. The van der Waals surface area contributed by atoms with Crippen molar-refractivity contribution in [2.75, 3.05) is 20.6 Å². The summed E-state index contributed by atoms with van der Waals surface area (Å²) in [6.45, 7) is 21.3. The highest BCUT2D eigenvalue weighted by atomic mass is 16.8. The van der Waals surface area contributed by atoms with E-state index in [-0.39, 0.29) is 152 Å². The molecule has 16 aliphatic rings. The predicted octanol–water partition coefficient (Wildman–Crippen LogP) is 7.02. The minimum Gasteiger partial charge on any atom is -0.459 e. The molecule has 16 rings (SSSR count). The van der Waals surface area contributed by atoms with Crippen molar-refractivity contribution in [3.63, 3.8) is 0 Å². The van der Waals surface area contributed by atoms with Crippen molar-refractivity contribution in [1.82, 2.24) is 4.90 Å². The lowest BCUT2D eigenvalue weighted by atomic mass is 9.77. The molecule has 0 aromatic rings. The standard InChI is InChI=1S/C61H89NO16/c1-28-16-35-10-12-38-29(2)17-37(64-38)14-15-59-25-46-55(77-59)56-57(70-46)58(78-59)54-39(68-56)13-11-36(66-54)19-49(63)72-53-34(7)52-43(67-42(53)20-40(65-35)33(28)6)21-41-45(69-52)24-61(73-41)26-47-51(76-61)32(5)23-60(75-47)22-31(4)50-44(74-60)18-30(3)48(71-50)27-62(8)9/h28,30-32,34-48,50-58H,2,6,10-27H2,1,3-5,7-9H3. The van der Waals surface area contributed by atoms with Crippen molar-refractivity contribution in [3.8, 4) is 0 Å². The van der Waals surface area contributed by atoms with Crippen molar-refractivity contribution in [2.24, 2.45) is 29.6 Å². The molecule has 17 nitrogen and oxygen atoms in total. The summed E-state index contributed by atoms with van der Waals surface area (Å²) in [5.41, 5.74) is 2.19. The average Bonchev–Trinajstić information content (AvgIpc) is 4.10. The molecule has 12 bridgehead atoms. The van der Waals surface area contributed by atoms with E-state index in [1.807, 2.05) is 0 Å². The molecule has 0 radical (unpaired) electrons. The molecule has 0 aliphatic carbocycles. The zero-order chi connectivity index (χ0) is 53.3. The highest BCUT2D eigenvalue weighted by Crippen LogP contribution is 2.58.